The molecule has 1 heterocycles. The second kappa shape index (κ2) is 10.6. The Bertz CT molecular complexity index is 1280. The van der Waals surface area contributed by atoms with Crippen molar-refractivity contribution in [3.8, 4) is 0 Å². The number of sulfonamides is 1. The van der Waals surface area contributed by atoms with E-state index < -0.39 is 10.0 Å². The van der Waals surface area contributed by atoms with E-state index >= 15 is 0 Å². The fraction of sp³-hybridized carbons (Fsp3) is 0.296. The molecule has 0 aromatic heterocycles. The van der Waals surface area contributed by atoms with E-state index in [9.17, 15) is 17.6 Å². The van der Waals surface area contributed by atoms with Gasteiger partial charge in [-0.15, -0.1) is 0 Å². The van der Waals surface area contributed by atoms with Crippen molar-refractivity contribution in [2.45, 2.75) is 38.1 Å². The van der Waals surface area contributed by atoms with E-state index in [-0.39, 0.29) is 22.5 Å². The quantitative estimate of drug-likeness (QED) is 0.478. The standard InChI is InChI=1S/C27H30FN3O3S/c1-19-3-8-25(17-20(19)2)30-35(33,34)26-11-9-24(10-12-26)29-27(32)22-13-15-31(16-14-22)18-21-4-6-23(28)7-5-21/h3-12,17,22,30H,13-16,18H2,1-2H3,(H,29,32). The maximum Gasteiger partial charge on any atom is 0.261 e. The minimum Gasteiger partial charge on any atom is -0.326 e. The topological polar surface area (TPSA) is 78.5 Å². The van der Waals surface area contributed by atoms with Crippen LogP contribution < -0.4 is 10.0 Å². The Kier molecular flexibility index (Phi) is 7.52. The van der Waals surface area contributed by atoms with Gasteiger partial charge in [0.05, 0.1) is 4.90 Å². The number of hydrogen-bond donors (Lipinski definition) is 2. The molecule has 8 heteroatoms. The number of halogens is 1. The molecule has 2 N–H and O–H groups in total. The van der Waals surface area contributed by atoms with Crippen molar-refractivity contribution in [2.75, 3.05) is 23.1 Å². The third-order valence-electron chi connectivity index (χ3n) is 6.47. The number of carbonyl (C=O) groups is 1. The average molecular weight is 496 g/mol. The van der Waals surface area contributed by atoms with Crippen LogP contribution >= 0.6 is 0 Å². The van der Waals surface area contributed by atoms with E-state index in [4.69, 9.17) is 0 Å². The van der Waals surface area contributed by atoms with E-state index in [1.54, 1.807) is 36.4 Å². The smallest absolute Gasteiger partial charge is 0.261 e. The predicted molar refractivity (Wildman–Crippen MR) is 136 cm³/mol. The summed E-state index contributed by atoms with van der Waals surface area (Å²) in [4.78, 5) is 15.1. The first kappa shape index (κ1) is 24.9. The first-order valence-electron chi connectivity index (χ1n) is 11.7. The molecule has 1 amide bonds. The molecule has 0 saturated carbocycles. The molecule has 0 bridgehead atoms. The molecule has 3 aromatic rings. The van der Waals surface area contributed by atoms with Crippen LogP contribution in [0.3, 0.4) is 0 Å². The van der Waals surface area contributed by atoms with Gasteiger partial charge in [-0.3, -0.25) is 14.4 Å². The summed E-state index contributed by atoms with van der Waals surface area (Å²) >= 11 is 0. The Balaban J connectivity index is 1.30. The Labute approximate surface area is 206 Å². The van der Waals surface area contributed by atoms with Crippen LogP contribution in [-0.4, -0.2) is 32.3 Å². The van der Waals surface area contributed by atoms with E-state index in [0.717, 1.165) is 49.2 Å². The number of benzene rings is 3. The highest BCUT2D eigenvalue weighted by atomic mass is 32.2. The number of likely N-dealkylation sites (tertiary alicyclic amines) is 1. The lowest BCUT2D eigenvalue weighted by molar-refractivity contribution is -0.121. The van der Waals surface area contributed by atoms with Crippen LogP contribution in [-0.2, 0) is 21.4 Å². The van der Waals surface area contributed by atoms with E-state index in [2.05, 4.69) is 14.9 Å². The first-order chi connectivity index (χ1) is 16.7. The fourth-order valence-corrected chi connectivity index (χ4v) is 5.23. The summed E-state index contributed by atoms with van der Waals surface area (Å²) in [6.07, 6.45) is 1.47. The summed E-state index contributed by atoms with van der Waals surface area (Å²) < 4.78 is 41.2. The van der Waals surface area contributed by atoms with Crippen LogP contribution in [0.5, 0.6) is 0 Å². The molecular formula is C27H30FN3O3S. The van der Waals surface area contributed by atoms with Gasteiger partial charge in [0, 0.05) is 23.8 Å². The van der Waals surface area contributed by atoms with Crippen molar-refractivity contribution in [1.29, 1.82) is 0 Å². The van der Waals surface area contributed by atoms with E-state index in [1.807, 2.05) is 19.9 Å². The molecule has 0 aliphatic carbocycles. The third kappa shape index (κ3) is 6.46. The van der Waals surface area contributed by atoms with Crippen LogP contribution in [0, 0.1) is 25.6 Å². The zero-order valence-corrected chi connectivity index (χ0v) is 20.7. The molecule has 1 aliphatic rings. The minimum atomic E-state index is -3.73. The molecule has 184 valence electrons. The molecule has 1 saturated heterocycles. The van der Waals surface area contributed by atoms with Gasteiger partial charge in [-0.25, -0.2) is 12.8 Å². The second-order valence-electron chi connectivity index (χ2n) is 9.10. The maximum atomic E-state index is 13.1. The zero-order chi connectivity index (χ0) is 25.0. The van der Waals surface area contributed by atoms with Gasteiger partial charge in [0.2, 0.25) is 5.91 Å². The summed E-state index contributed by atoms with van der Waals surface area (Å²) in [5, 5.41) is 2.91. The molecule has 3 aromatic carbocycles. The number of nitrogens with zero attached hydrogens (tertiary/aromatic N) is 1. The number of anilines is 2. The van der Waals surface area contributed by atoms with Gasteiger partial charge >= 0.3 is 0 Å². The summed E-state index contributed by atoms with van der Waals surface area (Å²) in [5.41, 5.74) is 4.22. The number of amides is 1. The SMILES string of the molecule is Cc1ccc(NS(=O)(=O)c2ccc(NC(=O)C3CCN(Cc4ccc(F)cc4)CC3)cc2)cc1C. The largest absolute Gasteiger partial charge is 0.326 e. The van der Waals surface area contributed by atoms with Gasteiger partial charge < -0.3 is 5.32 Å². The summed E-state index contributed by atoms with van der Waals surface area (Å²) in [6, 6.07) is 18.1. The minimum absolute atomic E-state index is 0.0599. The zero-order valence-electron chi connectivity index (χ0n) is 19.9. The number of carbonyl (C=O) groups excluding carboxylic acids is 1. The van der Waals surface area contributed by atoms with Gasteiger partial charge in [-0.2, -0.15) is 0 Å². The van der Waals surface area contributed by atoms with Crippen molar-refractivity contribution in [3.63, 3.8) is 0 Å². The number of hydrogen-bond acceptors (Lipinski definition) is 4. The van der Waals surface area contributed by atoms with Crippen molar-refractivity contribution in [2.24, 2.45) is 5.92 Å². The normalized spacial score (nSPS) is 15.1. The molecule has 0 radical (unpaired) electrons. The van der Waals surface area contributed by atoms with Crippen LogP contribution in [0.2, 0.25) is 0 Å². The lowest BCUT2D eigenvalue weighted by Gasteiger charge is -2.31. The summed E-state index contributed by atoms with van der Waals surface area (Å²) in [5.74, 6) is -0.406. The number of nitrogens with one attached hydrogen (secondary N) is 2. The number of piperidine rings is 1. The average Bonchev–Trinajstić information content (AvgIpc) is 2.83. The molecule has 6 nitrogen and oxygen atoms in total. The predicted octanol–water partition coefficient (Wildman–Crippen LogP) is 5.09. The molecule has 0 atom stereocenters. The van der Waals surface area contributed by atoms with Crippen molar-refractivity contribution >= 4 is 27.3 Å². The monoisotopic (exact) mass is 495 g/mol. The molecule has 4 rings (SSSR count). The van der Waals surface area contributed by atoms with Crippen LogP contribution in [0.25, 0.3) is 0 Å². The van der Waals surface area contributed by atoms with Gasteiger partial charge in [0.1, 0.15) is 5.82 Å². The van der Waals surface area contributed by atoms with Crippen molar-refractivity contribution in [3.05, 3.63) is 89.2 Å². The van der Waals surface area contributed by atoms with Gasteiger partial charge in [0.25, 0.3) is 10.0 Å². The van der Waals surface area contributed by atoms with Crippen LogP contribution in [0.15, 0.2) is 71.6 Å². The lowest BCUT2D eigenvalue weighted by Crippen LogP contribution is -2.37. The Morgan fingerprint density at radius 2 is 1.54 bits per heavy atom. The van der Waals surface area contributed by atoms with Crippen LogP contribution in [0.1, 0.15) is 29.5 Å². The lowest BCUT2D eigenvalue weighted by atomic mass is 9.95. The fourth-order valence-electron chi connectivity index (χ4n) is 4.18. The number of aryl methyl sites for hydroxylation is 2. The number of rotatable bonds is 7. The molecule has 0 spiro atoms. The Hall–Kier alpha value is -3.23. The van der Waals surface area contributed by atoms with Crippen molar-refractivity contribution in [1.82, 2.24) is 4.90 Å². The highest BCUT2D eigenvalue weighted by molar-refractivity contribution is 7.92. The summed E-state index contributed by atoms with van der Waals surface area (Å²) in [6.45, 7) is 6.21. The molecule has 1 fully saturated rings. The summed E-state index contributed by atoms with van der Waals surface area (Å²) in [7, 11) is -3.73. The Morgan fingerprint density at radius 3 is 2.17 bits per heavy atom. The maximum absolute atomic E-state index is 13.1. The van der Waals surface area contributed by atoms with Gasteiger partial charge in [-0.1, -0.05) is 18.2 Å². The van der Waals surface area contributed by atoms with E-state index in [0.29, 0.717) is 11.4 Å². The molecular weight excluding hydrogens is 465 g/mol. The van der Waals surface area contributed by atoms with E-state index in [1.165, 1.54) is 24.3 Å². The molecule has 1 aliphatic heterocycles. The van der Waals surface area contributed by atoms with Crippen molar-refractivity contribution < 1.29 is 17.6 Å². The van der Waals surface area contributed by atoms with Gasteiger partial charge in [-0.05, 0) is 105 Å². The second-order valence-corrected chi connectivity index (χ2v) is 10.8. The Morgan fingerprint density at radius 1 is 0.914 bits per heavy atom. The molecule has 35 heavy (non-hydrogen) atoms. The first-order valence-corrected chi connectivity index (χ1v) is 13.2. The van der Waals surface area contributed by atoms with Gasteiger partial charge in [0.15, 0.2) is 0 Å². The highest BCUT2D eigenvalue weighted by Crippen LogP contribution is 2.23. The third-order valence-corrected chi connectivity index (χ3v) is 7.87. The molecule has 0 unspecified atom stereocenters. The highest BCUT2D eigenvalue weighted by Gasteiger charge is 2.25. The van der Waals surface area contributed by atoms with Crippen LogP contribution in [0.4, 0.5) is 15.8 Å².